The van der Waals surface area contributed by atoms with Crippen LogP contribution in [0.4, 0.5) is 0 Å². The fourth-order valence-corrected chi connectivity index (χ4v) is 4.12. The van der Waals surface area contributed by atoms with Crippen LogP contribution in [0.2, 0.25) is 0 Å². The quantitative estimate of drug-likeness (QED) is 0.557. The second kappa shape index (κ2) is 6.30. The molecule has 0 aromatic heterocycles. The summed E-state index contributed by atoms with van der Waals surface area (Å²) < 4.78 is 0. The number of benzene rings is 3. The Bertz CT molecular complexity index is 967. The summed E-state index contributed by atoms with van der Waals surface area (Å²) in [5.41, 5.74) is 2.69. The first-order chi connectivity index (χ1) is 12.9. The first-order valence-corrected chi connectivity index (χ1v) is 9.05. The van der Waals surface area contributed by atoms with Crippen LogP contribution in [0.5, 0.6) is 0 Å². The molecule has 2 nitrogen and oxygen atoms in total. The maximum Gasteiger partial charge on any atom is 0.314 e. The third-order valence-corrected chi connectivity index (χ3v) is 5.21. The Morgan fingerprint density at radius 2 is 0.885 bits per heavy atom. The summed E-state index contributed by atoms with van der Waals surface area (Å²) in [6, 6.07) is 17.5. The third kappa shape index (κ3) is 2.38. The predicted molar refractivity (Wildman–Crippen MR) is 115 cm³/mol. The van der Waals surface area contributed by atoms with E-state index in [9.17, 15) is 0 Å². The predicted octanol–water partition coefficient (Wildman–Crippen LogP) is 2.81. The minimum atomic E-state index is 0.179. The zero-order valence-corrected chi connectivity index (χ0v) is 14.4. The van der Waals surface area contributed by atoms with Crippen LogP contribution in [0, 0.1) is 0 Å². The van der Waals surface area contributed by atoms with E-state index >= 15 is 0 Å². The van der Waals surface area contributed by atoms with Crippen molar-refractivity contribution in [2.24, 2.45) is 0 Å². The maximum absolute atomic E-state index is 3.51. The molecule has 3 aromatic rings. The molecule has 0 aliphatic carbocycles. The van der Waals surface area contributed by atoms with Crippen molar-refractivity contribution in [2.45, 2.75) is 0 Å². The van der Waals surface area contributed by atoms with E-state index in [0.29, 0.717) is 0 Å². The Balaban J connectivity index is 1.88. The van der Waals surface area contributed by atoms with Gasteiger partial charge in [0.15, 0.2) is 0 Å². The maximum atomic E-state index is 3.51. The molecule has 2 aliphatic heterocycles. The number of hydrogen-bond acceptors (Lipinski definition) is 2. The molecule has 0 unspecified atom stereocenters. The van der Waals surface area contributed by atoms with Gasteiger partial charge < -0.3 is 10.5 Å². The van der Waals surface area contributed by atoms with E-state index in [1.807, 2.05) is 24.6 Å². The van der Waals surface area contributed by atoms with E-state index in [2.05, 4.69) is 83.1 Å². The van der Waals surface area contributed by atoms with Gasteiger partial charge in [-0.2, -0.15) is 0 Å². The highest BCUT2D eigenvalue weighted by Gasteiger charge is 2.26. The Hall–Kier alpha value is -3.13. The summed E-state index contributed by atoms with van der Waals surface area (Å²) in [4.78, 5) is 0. The van der Waals surface area contributed by atoms with E-state index in [-0.39, 0.29) is 13.7 Å². The smallest absolute Gasteiger partial charge is 0.314 e. The molecule has 26 heavy (non-hydrogen) atoms. The molecule has 0 saturated heterocycles. The number of fused-ring (bicyclic) bond motifs is 2. The molecular formula is C22H18B2N2. The Morgan fingerprint density at radius 3 is 1.19 bits per heavy atom. The molecule has 5 rings (SSSR count). The van der Waals surface area contributed by atoms with Crippen molar-refractivity contribution in [1.82, 2.24) is 10.5 Å². The molecule has 3 aromatic carbocycles. The standard InChI is InChI=1S/C22H18B2N2/c1-2-10-18-17(9-1)21(23-13-5-7-15-25-23)19-11-3-4-12-20(19)22(18)24-14-6-8-16-26-24/h1-16,25-26H. The lowest BCUT2D eigenvalue weighted by Gasteiger charge is -2.23. The number of hydrogen-bond donors (Lipinski definition) is 2. The van der Waals surface area contributed by atoms with Crippen LogP contribution in [-0.2, 0) is 0 Å². The minimum absolute atomic E-state index is 0.179. The van der Waals surface area contributed by atoms with Crippen LogP contribution in [-0.4, -0.2) is 13.7 Å². The summed E-state index contributed by atoms with van der Waals surface area (Å²) in [5, 5.41) is 12.3. The largest absolute Gasteiger partial charge is 0.426 e. The summed E-state index contributed by atoms with van der Waals surface area (Å²) in [7, 11) is 0. The zero-order chi connectivity index (χ0) is 17.3. The van der Waals surface area contributed by atoms with Crippen molar-refractivity contribution >= 4 is 46.2 Å². The zero-order valence-electron chi connectivity index (χ0n) is 14.4. The summed E-state index contributed by atoms with van der Waals surface area (Å²) in [6.45, 7) is 0.359. The highest BCUT2D eigenvalue weighted by Crippen LogP contribution is 2.21. The molecule has 0 radical (unpaired) electrons. The average molecular weight is 332 g/mol. The molecule has 2 heterocycles. The molecule has 0 atom stereocenters. The minimum Gasteiger partial charge on any atom is -0.426 e. The second-order valence-corrected chi connectivity index (χ2v) is 6.70. The number of rotatable bonds is 2. The monoisotopic (exact) mass is 332 g/mol. The van der Waals surface area contributed by atoms with Crippen molar-refractivity contribution in [3.05, 3.63) is 97.2 Å². The molecule has 2 N–H and O–H groups in total. The lowest BCUT2D eigenvalue weighted by atomic mass is 9.49. The van der Waals surface area contributed by atoms with Crippen molar-refractivity contribution in [2.75, 3.05) is 0 Å². The molecule has 0 bridgehead atoms. The number of nitrogens with one attached hydrogen (secondary N) is 2. The van der Waals surface area contributed by atoms with Gasteiger partial charge in [0, 0.05) is 0 Å². The van der Waals surface area contributed by atoms with Gasteiger partial charge in [0.05, 0.1) is 0 Å². The molecule has 0 saturated carbocycles. The van der Waals surface area contributed by atoms with E-state index in [0.717, 1.165) is 0 Å². The lowest BCUT2D eigenvalue weighted by molar-refractivity contribution is 1.33. The Labute approximate surface area is 154 Å². The van der Waals surface area contributed by atoms with Gasteiger partial charge in [0.2, 0.25) is 0 Å². The highest BCUT2D eigenvalue weighted by atomic mass is 14.8. The molecule has 0 fully saturated rings. The van der Waals surface area contributed by atoms with Crippen LogP contribution in [0.3, 0.4) is 0 Å². The fourth-order valence-electron chi connectivity index (χ4n) is 4.12. The van der Waals surface area contributed by atoms with Gasteiger partial charge in [-0.15, -0.1) is 0 Å². The highest BCUT2D eigenvalue weighted by molar-refractivity contribution is 6.84. The van der Waals surface area contributed by atoms with Gasteiger partial charge in [-0.25, -0.2) is 0 Å². The van der Waals surface area contributed by atoms with E-state index in [1.165, 1.54) is 32.5 Å². The van der Waals surface area contributed by atoms with Crippen LogP contribution < -0.4 is 21.4 Å². The third-order valence-electron chi connectivity index (χ3n) is 5.21. The van der Waals surface area contributed by atoms with Gasteiger partial charge in [0.1, 0.15) is 0 Å². The topological polar surface area (TPSA) is 24.1 Å². The van der Waals surface area contributed by atoms with E-state index in [4.69, 9.17) is 0 Å². The van der Waals surface area contributed by atoms with E-state index in [1.54, 1.807) is 0 Å². The summed E-state index contributed by atoms with van der Waals surface area (Å²) >= 11 is 0. The van der Waals surface area contributed by atoms with Crippen LogP contribution in [0.25, 0.3) is 21.5 Å². The summed E-state index contributed by atoms with van der Waals surface area (Å²) in [6.07, 6.45) is 12.4. The summed E-state index contributed by atoms with van der Waals surface area (Å²) in [5.74, 6) is 4.46. The van der Waals surface area contributed by atoms with Gasteiger partial charge in [0.25, 0.3) is 0 Å². The average Bonchev–Trinajstić information content (AvgIpc) is 2.73. The molecular weight excluding hydrogens is 314 g/mol. The molecule has 2 aliphatic rings. The van der Waals surface area contributed by atoms with Crippen LogP contribution >= 0.6 is 0 Å². The van der Waals surface area contributed by atoms with Crippen LogP contribution in [0.1, 0.15) is 0 Å². The first kappa shape index (κ1) is 15.2. The van der Waals surface area contributed by atoms with Crippen molar-refractivity contribution in [1.29, 1.82) is 0 Å². The SMILES string of the molecule is C1=CNB(c2c3ccccc3c(B3C=CC=CN3)c3ccccc23)C=C1. The second-order valence-electron chi connectivity index (χ2n) is 6.70. The van der Waals surface area contributed by atoms with Crippen LogP contribution in [0.15, 0.2) is 97.2 Å². The van der Waals surface area contributed by atoms with E-state index < -0.39 is 0 Å². The Kier molecular flexibility index (Phi) is 3.67. The van der Waals surface area contributed by atoms with Gasteiger partial charge >= 0.3 is 13.7 Å². The number of allylic oxidation sites excluding steroid dienone is 4. The fraction of sp³-hybridized carbons (Fsp3) is 0. The Morgan fingerprint density at radius 1 is 0.500 bits per heavy atom. The molecule has 0 spiro atoms. The van der Waals surface area contributed by atoms with Gasteiger partial charge in [-0.05, 0) is 57.0 Å². The van der Waals surface area contributed by atoms with Crippen molar-refractivity contribution in [3.8, 4) is 0 Å². The lowest BCUT2D eigenvalue weighted by Crippen LogP contribution is -2.46. The van der Waals surface area contributed by atoms with Crippen molar-refractivity contribution < 1.29 is 0 Å². The molecule has 4 heteroatoms. The molecule has 122 valence electrons. The first-order valence-electron chi connectivity index (χ1n) is 9.05. The normalized spacial score (nSPS) is 15.5. The molecule has 0 amide bonds. The van der Waals surface area contributed by atoms with Gasteiger partial charge in [-0.3, -0.25) is 0 Å². The van der Waals surface area contributed by atoms with Crippen molar-refractivity contribution in [3.63, 3.8) is 0 Å². The van der Waals surface area contributed by atoms with Gasteiger partial charge in [-0.1, -0.05) is 72.6 Å².